The molecular weight excluding hydrogens is 495 g/mol. The summed E-state index contributed by atoms with van der Waals surface area (Å²) in [6.07, 6.45) is 0.802. The summed E-state index contributed by atoms with van der Waals surface area (Å²) in [6.45, 7) is 3.98. The van der Waals surface area contributed by atoms with Crippen molar-refractivity contribution in [2.75, 3.05) is 4.90 Å². The van der Waals surface area contributed by atoms with Crippen LogP contribution in [0.25, 0.3) is 0 Å². The summed E-state index contributed by atoms with van der Waals surface area (Å²) in [7, 11) is -3.90. The Hall–Kier alpha value is -2.83. The van der Waals surface area contributed by atoms with Gasteiger partial charge in [-0.15, -0.1) is 0 Å². The Bertz CT molecular complexity index is 1420. The Balaban J connectivity index is 1.99. The largest absolute Gasteiger partial charge is 0.384 e. The molecule has 4 rings (SSSR count). The molecule has 10 heteroatoms. The molecule has 0 amide bonds. The molecule has 7 nitrogen and oxygen atoms in total. The molecule has 0 saturated carbocycles. The Morgan fingerprint density at radius 3 is 2.32 bits per heavy atom. The highest BCUT2D eigenvalue weighted by Crippen LogP contribution is 2.51. The highest BCUT2D eigenvalue weighted by molar-refractivity contribution is 7.89. The van der Waals surface area contributed by atoms with Crippen molar-refractivity contribution in [1.29, 1.82) is 5.26 Å². The van der Waals surface area contributed by atoms with E-state index in [0.717, 1.165) is 0 Å². The van der Waals surface area contributed by atoms with Crippen molar-refractivity contribution in [3.05, 3.63) is 80.7 Å². The number of sulfonamides is 1. The molecule has 0 fully saturated rings. The summed E-state index contributed by atoms with van der Waals surface area (Å²) in [5.41, 5.74) is 8.57. The number of rotatable bonds is 3. The van der Waals surface area contributed by atoms with Crippen LogP contribution >= 0.6 is 23.2 Å². The van der Waals surface area contributed by atoms with Crippen LogP contribution in [0.3, 0.4) is 0 Å². The van der Waals surface area contributed by atoms with Gasteiger partial charge in [0.05, 0.1) is 33.2 Å². The lowest BCUT2D eigenvalue weighted by atomic mass is 9.68. The molecule has 0 aromatic heterocycles. The van der Waals surface area contributed by atoms with Gasteiger partial charge in [0.25, 0.3) is 0 Å². The van der Waals surface area contributed by atoms with Crippen LogP contribution in [0.15, 0.2) is 70.0 Å². The van der Waals surface area contributed by atoms with Gasteiger partial charge in [-0.2, -0.15) is 5.26 Å². The zero-order chi connectivity index (χ0) is 25.0. The van der Waals surface area contributed by atoms with Crippen LogP contribution in [0.4, 0.5) is 5.69 Å². The zero-order valence-corrected chi connectivity index (χ0v) is 20.8. The fourth-order valence-electron chi connectivity index (χ4n) is 4.63. The minimum Gasteiger partial charge on any atom is -0.384 e. The molecule has 0 bridgehead atoms. The fourth-order valence-corrected chi connectivity index (χ4v) is 5.64. The van der Waals surface area contributed by atoms with Crippen LogP contribution in [0, 0.1) is 16.7 Å². The standard InChI is InChI=1S/C24H22Cl2N4O3S/c1-24(2)10-19-22(20(31)11-24)21(13-3-6-15(7-4-13)34(29,32)33)16(12-27)23(28)30(19)18-8-5-14(25)9-17(18)26/h3-9,21H,10-11,28H2,1-2H3,(H2,29,32,33)/t21-/m1/s1. The van der Waals surface area contributed by atoms with Gasteiger partial charge in [0.1, 0.15) is 5.82 Å². The number of hydrogen-bond donors (Lipinski definition) is 2. The number of halogens is 2. The first kappa shape index (κ1) is 24.3. The molecule has 0 radical (unpaired) electrons. The van der Waals surface area contributed by atoms with E-state index in [2.05, 4.69) is 6.07 Å². The average molecular weight is 517 g/mol. The second-order valence-corrected chi connectivity index (χ2v) is 11.6. The van der Waals surface area contributed by atoms with Gasteiger partial charge in [0, 0.05) is 22.7 Å². The maximum atomic E-state index is 13.5. The summed E-state index contributed by atoms with van der Waals surface area (Å²) in [5.74, 6) is -0.709. The summed E-state index contributed by atoms with van der Waals surface area (Å²) in [4.78, 5) is 15.1. The van der Waals surface area contributed by atoms with Gasteiger partial charge in [-0.05, 0) is 47.7 Å². The SMILES string of the molecule is CC1(C)CC(=O)C2=C(C1)N(c1ccc(Cl)cc1Cl)C(N)=C(C#N)[C@H]2c1ccc(S(N)(=O)=O)cc1. The van der Waals surface area contributed by atoms with E-state index in [1.165, 1.54) is 12.1 Å². The van der Waals surface area contributed by atoms with E-state index in [-0.39, 0.29) is 27.5 Å². The number of carbonyl (C=O) groups excluding carboxylic acids is 1. The molecule has 176 valence electrons. The minimum atomic E-state index is -3.90. The van der Waals surface area contributed by atoms with E-state index in [9.17, 15) is 18.5 Å². The summed E-state index contributed by atoms with van der Waals surface area (Å²) >= 11 is 12.6. The number of hydrogen-bond acceptors (Lipinski definition) is 6. The quantitative estimate of drug-likeness (QED) is 0.613. The third kappa shape index (κ3) is 4.21. The molecule has 2 aromatic carbocycles. The number of nitriles is 1. The predicted molar refractivity (Wildman–Crippen MR) is 131 cm³/mol. The van der Waals surface area contributed by atoms with Crippen LogP contribution in [0.1, 0.15) is 38.2 Å². The smallest absolute Gasteiger partial charge is 0.238 e. The molecular formula is C24H22Cl2N4O3S. The zero-order valence-electron chi connectivity index (χ0n) is 18.5. The lowest BCUT2D eigenvalue weighted by Crippen LogP contribution is -2.42. The van der Waals surface area contributed by atoms with Gasteiger partial charge < -0.3 is 5.73 Å². The molecule has 1 aliphatic carbocycles. The molecule has 34 heavy (non-hydrogen) atoms. The van der Waals surface area contributed by atoms with Crippen molar-refractivity contribution in [1.82, 2.24) is 0 Å². The molecule has 0 saturated heterocycles. The van der Waals surface area contributed by atoms with E-state index in [1.54, 1.807) is 35.2 Å². The Labute approximate surface area is 208 Å². The van der Waals surface area contributed by atoms with Crippen molar-refractivity contribution in [3.8, 4) is 6.07 Å². The molecule has 2 aliphatic rings. The fraction of sp³-hybridized carbons (Fsp3) is 0.250. The van der Waals surface area contributed by atoms with Gasteiger partial charge in [-0.1, -0.05) is 49.2 Å². The Morgan fingerprint density at radius 1 is 1.12 bits per heavy atom. The molecule has 1 atom stereocenters. The van der Waals surface area contributed by atoms with Crippen molar-refractivity contribution in [2.45, 2.75) is 37.5 Å². The lowest BCUT2D eigenvalue weighted by molar-refractivity contribution is -0.118. The first-order valence-corrected chi connectivity index (χ1v) is 12.7. The van der Waals surface area contributed by atoms with Gasteiger partial charge in [-0.3, -0.25) is 9.69 Å². The minimum absolute atomic E-state index is 0.0672. The van der Waals surface area contributed by atoms with Crippen LogP contribution in [0.5, 0.6) is 0 Å². The summed E-state index contributed by atoms with van der Waals surface area (Å²) in [6, 6.07) is 12.9. The van der Waals surface area contributed by atoms with Crippen molar-refractivity contribution in [2.24, 2.45) is 16.3 Å². The molecule has 0 unspecified atom stereocenters. The number of nitrogens with two attached hydrogens (primary N) is 2. The first-order chi connectivity index (χ1) is 15.8. The van der Waals surface area contributed by atoms with Crippen LogP contribution in [-0.4, -0.2) is 14.2 Å². The first-order valence-electron chi connectivity index (χ1n) is 10.4. The second-order valence-electron chi connectivity index (χ2n) is 9.19. The van der Waals surface area contributed by atoms with E-state index in [0.29, 0.717) is 45.4 Å². The highest BCUT2D eigenvalue weighted by atomic mass is 35.5. The maximum absolute atomic E-state index is 13.5. The topological polar surface area (TPSA) is 130 Å². The van der Waals surface area contributed by atoms with E-state index in [4.69, 9.17) is 34.1 Å². The molecule has 0 spiro atoms. The molecule has 1 aliphatic heterocycles. The van der Waals surface area contributed by atoms with Crippen molar-refractivity contribution in [3.63, 3.8) is 0 Å². The number of ketones is 1. The molecule has 2 aromatic rings. The number of benzene rings is 2. The van der Waals surface area contributed by atoms with E-state index >= 15 is 0 Å². The third-order valence-electron chi connectivity index (χ3n) is 6.07. The van der Waals surface area contributed by atoms with Crippen LogP contribution in [0.2, 0.25) is 10.0 Å². The second kappa shape index (κ2) is 8.43. The number of nitrogens with zero attached hydrogens (tertiary/aromatic N) is 2. The maximum Gasteiger partial charge on any atom is 0.238 e. The predicted octanol–water partition coefficient (Wildman–Crippen LogP) is 4.58. The Kier molecular flexibility index (Phi) is 6.03. The van der Waals surface area contributed by atoms with Gasteiger partial charge in [0.2, 0.25) is 10.0 Å². The van der Waals surface area contributed by atoms with Gasteiger partial charge in [-0.25, -0.2) is 13.6 Å². The monoisotopic (exact) mass is 516 g/mol. The summed E-state index contributed by atoms with van der Waals surface area (Å²) < 4.78 is 23.4. The number of Topliss-reactive ketones (excluding diaryl/α,β-unsaturated/α-hetero) is 1. The number of carbonyl (C=O) groups is 1. The van der Waals surface area contributed by atoms with Gasteiger partial charge >= 0.3 is 0 Å². The molecule has 1 heterocycles. The van der Waals surface area contributed by atoms with E-state index < -0.39 is 15.9 Å². The van der Waals surface area contributed by atoms with Crippen LogP contribution < -0.4 is 15.8 Å². The number of anilines is 1. The van der Waals surface area contributed by atoms with Crippen LogP contribution in [-0.2, 0) is 14.8 Å². The molecule has 4 N–H and O–H groups in total. The van der Waals surface area contributed by atoms with Crippen molar-refractivity contribution < 1.29 is 13.2 Å². The number of primary sulfonamides is 1. The highest BCUT2D eigenvalue weighted by Gasteiger charge is 2.45. The van der Waals surface area contributed by atoms with Gasteiger partial charge in [0.15, 0.2) is 5.78 Å². The van der Waals surface area contributed by atoms with E-state index in [1.807, 2.05) is 13.8 Å². The van der Waals surface area contributed by atoms with Crippen molar-refractivity contribution >= 4 is 44.7 Å². The Morgan fingerprint density at radius 2 is 1.76 bits per heavy atom. The normalized spacial score (nSPS) is 20.3. The number of allylic oxidation sites excluding steroid dienone is 3. The lowest BCUT2D eigenvalue weighted by Gasteiger charge is -2.44. The third-order valence-corrected chi connectivity index (χ3v) is 7.54. The summed E-state index contributed by atoms with van der Waals surface area (Å²) in [5, 5.41) is 16.1. The average Bonchev–Trinajstić information content (AvgIpc) is 2.72.